The highest BCUT2D eigenvalue weighted by atomic mass is 28.4. The summed E-state index contributed by atoms with van der Waals surface area (Å²) in [6.07, 6.45) is 6.50. The molecular formula is C27H46O4Si. The molecule has 0 unspecified atom stereocenters. The van der Waals surface area contributed by atoms with E-state index in [1.54, 1.807) is 21.3 Å². The molecule has 0 spiro atoms. The Morgan fingerprint density at radius 1 is 0.750 bits per heavy atom. The van der Waals surface area contributed by atoms with Crippen LogP contribution in [0.4, 0.5) is 0 Å². The highest BCUT2D eigenvalue weighted by Gasteiger charge is 2.36. The molecule has 0 saturated carbocycles. The van der Waals surface area contributed by atoms with Gasteiger partial charge in [0.25, 0.3) is 0 Å². The minimum absolute atomic E-state index is 0.279. The average molecular weight is 463 g/mol. The van der Waals surface area contributed by atoms with Crippen molar-refractivity contribution in [1.82, 2.24) is 0 Å². The van der Waals surface area contributed by atoms with Crippen molar-refractivity contribution < 1.29 is 18.4 Å². The number of unbranched alkanes of at least 4 members (excludes halogenated alkanes) is 3. The van der Waals surface area contributed by atoms with Gasteiger partial charge in [-0.05, 0) is 36.3 Å². The van der Waals surface area contributed by atoms with E-state index in [2.05, 4.69) is 75.4 Å². The minimum atomic E-state index is -2.34. The van der Waals surface area contributed by atoms with Crippen LogP contribution in [-0.2, 0) is 19.7 Å². The first-order chi connectivity index (χ1) is 15.5. The molecule has 0 aliphatic rings. The van der Waals surface area contributed by atoms with Gasteiger partial charge in [0, 0.05) is 34.0 Å². The zero-order valence-corrected chi connectivity index (χ0v) is 22.2. The van der Waals surface area contributed by atoms with Crippen molar-refractivity contribution in [3.8, 4) is 0 Å². The van der Waals surface area contributed by atoms with Crippen molar-refractivity contribution in [2.75, 3.05) is 27.9 Å². The predicted molar refractivity (Wildman–Crippen MR) is 138 cm³/mol. The summed E-state index contributed by atoms with van der Waals surface area (Å²) in [4.78, 5) is 0. The molecule has 0 saturated heterocycles. The second kappa shape index (κ2) is 20.1. The van der Waals surface area contributed by atoms with Crippen molar-refractivity contribution in [1.29, 1.82) is 0 Å². The topological polar surface area (TPSA) is 47.9 Å². The third kappa shape index (κ3) is 14.5. The molecule has 4 nitrogen and oxygen atoms in total. The molecule has 0 heterocycles. The first-order valence-corrected chi connectivity index (χ1v) is 13.8. The number of aliphatic hydroxyl groups excluding tert-OH is 1. The molecule has 5 heteroatoms. The molecule has 2 aromatic rings. The number of aryl methyl sites for hydroxylation is 1. The van der Waals surface area contributed by atoms with Crippen LogP contribution in [0.2, 0.25) is 6.04 Å². The maximum absolute atomic E-state index is 8.60. The molecule has 1 N–H and O–H groups in total. The quantitative estimate of drug-likeness (QED) is 0.276. The summed E-state index contributed by atoms with van der Waals surface area (Å²) in [6, 6.07) is 21.9. The summed E-state index contributed by atoms with van der Waals surface area (Å²) < 4.78 is 15.9. The number of hydrogen-bond donors (Lipinski definition) is 1. The second-order valence-electron chi connectivity index (χ2n) is 7.98. The summed E-state index contributed by atoms with van der Waals surface area (Å²) >= 11 is 0. The van der Waals surface area contributed by atoms with E-state index in [0.717, 1.165) is 31.7 Å². The summed E-state index contributed by atoms with van der Waals surface area (Å²) in [7, 11) is 2.56. The van der Waals surface area contributed by atoms with Gasteiger partial charge in [-0.15, -0.1) is 0 Å². The highest BCUT2D eigenvalue weighted by molar-refractivity contribution is 6.60. The Bertz CT molecular complexity index is 622. The largest absolute Gasteiger partial charge is 0.500 e. The monoisotopic (exact) mass is 462 g/mol. The normalized spacial score (nSPS) is 10.8. The molecular weight excluding hydrogens is 416 g/mol. The molecule has 0 amide bonds. The van der Waals surface area contributed by atoms with E-state index in [-0.39, 0.29) is 6.61 Å². The van der Waals surface area contributed by atoms with E-state index in [1.807, 2.05) is 6.07 Å². The van der Waals surface area contributed by atoms with Gasteiger partial charge in [0.1, 0.15) is 0 Å². The lowest BCUT2D eigenvalue weighted by Crippen LogP contribution is -2.42. The molecule has 2 rings (SSSR count). The van der Waals surface area contributed by atoms with Gasteiger partial charge >= 0.3 is 8.80 Å². The van der Waals surface area contributed by atoms with E-state index in [4.69, 9.17) is 18.4 Å². The van der Waals surface area contributed by atoms with Crippen molar-refractivity contribution in [2.24, 2.45) is 0 Å². The molecule has 0 bridgehead atoms. The number of rotatable bonds is 12. The van der Waals surface area contributed by atoms with Crippen LogP contribution in [0.3, 0.4) is 0 Å². The maximum atomic E-state index is 8.60. The fourth-order valence-electron chi connectivity index (χ4n) is 3.13. The highest BCUT2D eigenvalue weighted by Crippen LogP contribution is 2.17. The third-order valence-corrected chi connectivity index (χ3v) is 8.00. The number of hydrogen-bond acceptors (Lipinski definition) is 4. The van der Waals surface area contributed by atoms with Crippen molar-refractivity contribution >= 4 is 8.80 Å². The standard InChI is InChI=1S/C9H22O4Si.2C9H12/c1-11-14(12-2,13-3)9-7-5-4-6-8-10;1-8(2)9-6-4-3-5-7-9;1-2-6-9-7-4-3-5-8-9/h10H,4-9H2,1-3H3;3-8H,1-2H3;3-5,7-8H,2,6H2,1H3. The van der Waals surface area contributed by atoms with E-state index < -0.39 is 8.80 Å². The Morgan fingerprint density at radius 2 is 1.25 bits per heavy atom. The first kappa shape index (κ1) is 30.5. The molecule has 182 valence electrons. The number of aliphatic hydroxyl groups is 1. The summed E-state index contributed by atoms with van der Waals surface area (Å²) in [5.74, 6) is 0.659. The Hall–Kier alpha value is -1.50. The predicted octanol–water partition coefficient (Wildman–Crippen LogP) is 6.87. The van der Waals surface area contributed by atoms with Crippen LogP contribution in [0.5, 0.6) is 0 Å². The SMILES string of the molecule is CC(C)c1ccccc1.CCCc1ccccc1.CO[Si](CCCCCCO)(OC)OC. The van der Waals surface area contributed by atoms with Gasteiger partial charge in [-0.1, -0.05) is 101 Å². The first-order valence-electron chi connectivity index (χ1n) is 11.8. The molecule has 32 heavy (non-hydrogen) atoms. The van der Waals surface area contributed by atoms with E-state index >= 15 is 0 Å². The van der Waals surface area contributed by atoms with Gasteiger partial charge in [-0.3, -0.25) is 0 Å². The molecule has 0 aliphatic heterocycles. The van der Waals surface area contributed by atoms with Crippen molar-refractivity contribution in [2.45, 2.75) is 71.3 Å². The fourth-order valence-corrected chi connectivity index (χ4v) is 4.93. The van der Waals surface area contributed by atoms with Gasteiger partial charge in [-0.25, -0.2) is 0 Å². The van der Waals surface area contributed by atoms with Crippen molar-refractivity contribution in [3.63, 3.8) is 0 Å². The lowest BCUT2D eigenvalue weighted by molar-refractivity contribution is 0.122. The Labute approximate surface area is 198 Å². The second-order valence-corrected chi connectivity index (χ2v) is 11.1. The molecule has 0 aliphatic carbocycles. The van der Waals surface area contributed by atoms with Crippen LogP contribution >= 0.6 is 0 Å². The van der Waals surface area contributed by atoms with E-state index in [0.29, 0.717) is 5.92 Å². The maximum Gasteiger partial charge on any atom is 0.500 e. The smallest absolute Gasteiger partial charge is 0.396 e. The Kier molecular flexibility index (Phi) is 19.2. The Morgan fingerprint density at radius 3 is 1.66 bits per heavy atom. The van der Waals surface area contributed by atoms with Gasteiger partial charge in [0.05, 0.1) is 0 Å². The van der Waals surface area contributed by atoms with Gasteiger partial charge in [-0.2, -0.15) is 0 Å². The van der Waals surface area contributed by atoms with Crippen LogP contribution in [0, 0.1) is 0 Å². The molecule has 2 aromatic carbocycles. The van der Waals surface area contributed by atoms with Gasteiger partial charge in [0.15, 0.2) is 0 Å². The molecule has 0 aromatic heterocycles. The van der Waals surface area contributed by atoms with Crippen LogP contribution < -0.4 is 0 Å². The summed E-state index contributed by atoms with van der Waals surface area (Å²) in [6.45, 7) is 6.89. The zero-order valence-electron chi connectivity index (χ0n) is 21.2. The van der Waals surface area contributed by atoms with Crippen LogP contribution in [0.25, 0.3) is 0 Å². The van der Waals surface area contributed by atoms with E-state index in [9.17, 15) is 0 Å². The lowest BCUT2D eigenvalue weighted by Gasteiger charge is -2.24. The summed E-state index contributed by atoms with van der Waals surface area (Å²) in [5.41, 5.74) is 2.86. The third-order valence-electron chi connectivity index (χ3n) is 5.17. The van der Waals surface area contributed by atoms with Crippen LogP contribution in [-0.4, -0.2) is 41.8 Å². The Balaban J connectivity index is 0.000000466. The molecule has 0 fully saturated rings. The number of benzene rings is 2. The average Bonchev–Trinajstić information content (AvgIpc) is 2.84. The van der Waals surface area contributed by atoms with Crippen LogP contribution in [0.1, 0.15) is 69.9 Å². The molecule has 0 radical (unpaired) electrons. The lowest BCUT2D eigenvalue weighted by atomic mass is 10.0. The van der Waals surface area contributed by atoms with Crippen molar-refractivity contribution in [3.05, 3.63) is 71.8 Å². The molecule has 0 atom stereocenters. The van der Waals surface area contributed by atoms with Crippen LogP contribution in [0.15, 0.2) is 60.7 Å². The van der Waals surface area contributed by atoms with Gasteiger partial charge < -0.3 is 18.4 Å². The zero-order chi connectivity index (χ0) is 24.1. The minimum Gasteiger partial charge on any atom is -0.396 e. The fraction of sp³-hybridized carbons (Fsp3) is 0.556. The van der Waals surface area contributed by atoms with E-state index in [1.165, 1.54) is 24.0 Å². The van der Waals surface area contributed by atoms with Gasteiger partial charge in [0.2, 0.25) is 0 Å². The summed E-state index contributed by atoms with van der Waals surface area (Å²) in [5, 5.41) is 8.60.